The highest BCUT2D eigenvalue weighted by Crippen LogP contribution is 2.32. The van der Waals surface area contributed by atoms with E-state index in [0.717, 1.165) is 37.8 Å². The molecule has 0 spiro atoms. The number of urea groups is 1. The number of carbonyl (C=O) groups excluding carboxylic acids is 2. The molecule has 1 aliphatic heterocycles. The molecule has 0 radical (unpaired) electrons. The number of carbonyl (C=O) groups is 2. The Morgan fingerprint density at radius 1 is 1.22 bits per heavy atom. The number of aromatic nitrogens is 1. The molecular weight excluding hydrogens is 340 g/mol. The highest BCUT2D eigenvalue weighted by molar-refractivity contribution is 5.79. The van der Waals surface area contributed by atoms with Gasteiger partial charge < -0.3 is 15.1 Å². The first-order chi connectivity index (χ1) is 13.2. The SMILES string of the molecule is O=C1C[C@@H](CNC(=O)N(Cc2cccnc2)C2CCCCC2)CN1C1CC1. The minimum Gasteiger partial charge on any atom is -0.339 e. The van der Waals surface area contributed by atoms with Gasteiger partial charge in [0, 0.05) is 56.5 Å². The fourth-order valence-corrected chi connectivity index (χ4v) is 4.47. The van der Waals surface area contributed by atoms with Crippen LogP contribution in [-0.2, 0) is 11.3 Å². The molecule has 3 aliphatic rings. The number of rotatable bonds is 6. The summed E-state index contributed by atoms with van der Waals surface area (Å²) in [6.45, 7) is 1.99. The van der Waals surface area contributed by atoms with Gasteiger partial charge in [0.2, 0.25) is 5.91 Å². The number of hydrogen-bond donors (Lipinski definition) is 1. The van der Waals surface area contributed by atoms with Crippen LogP contribution in [0.25, 0.3) is 0 Å². The summed E-state index contributed by atoms with van der Waals surface area (Å²) in [5.74, 6) is 0.505. The van der Waals surface area contributed by atoms with Gasteiger partial charge in [-0.25, -0.2) is 4.79 Å². The van der Waals surface area contributed by atoms with Crippen molar-refractivity contribution in [2.24, 2.45) is 5.92 Å². The van der Waals surface area contributed by atoms with Gasteiger partial charge in [-0.05, 0) is 37.3 Å². The monoisotopic (exact) mass is 370 g/mol. The molecule has 6 nitrogen and oxygen atoms in total. The Bertz CT molecular complexity index is 655. The quantitative estimate of drug-likeness (QED) is 0.837. The minimum atomic E-state index is 0.00285. The van der Waals surface area contributed by atoms with Gasteiger partial charge >= 0.3 is 6.03 Å². The molecule has 1 saturated heterocycles. The number of pyridine rings is 1. The van der Waals surface area contributed by atoms with Gasteiger partial charge in [0.05, 0.1) is 0 Å². The van der Waals surface area contributed by atoms with E-state index < -0.39 is 0 Å². The average Bonchev–Trinajstić information content (AvgIpc) is 3.48. The van der Waals surface area contributed by atoms with Crippen LogP contribution in [0.3, 0.4) is 0 Å². The van der Waals surface area contributed by atoms with Crippen LogP contribution < -0.4 is 5.32 Å². The van der Waals surface area contributed by atoms with Crippen molar-refractivity contribution in [3.05, 3.63) is 30.1 Å². The van der Waals surface area contributed by atoms with E-state index >= 15 is 0 Å². The number of nitrogens with zero attached hydrogens (tertiary/aromatic N) is 3. The van der Waals surface area contributed by atoms with Gasteiger partial charge in [-0.15, -0.1) is 0 Å². The molecule has 1 atom stereocenters. The highest BCUT2D eigenvalue weighted by Gasteiger charge is 2.39. The van der Waals surface area contributed by atoms with Gasteiger partial charge in [-0.2, -0.15) is 0 Å². The van der Waals surface area contributed by atoms with Crippen LogP contribution in [0.2, 0.25) is 0 Å². The molecule has 2 heterocycles. The fraction of sp³-hybridized carbons (Fsp3) is 0.667. The molecule has 146 valence electrons. The molecule has 1 aromatic rings. The van der Waals surface area contributed by atoms with E-state index in [-0.39, 0.29) is 17.9 Å². The highest BCUT2D eigenvalue weighted by atomic mass is 16.2. The lowest BCUT2D eigenvalue weighted by Gasteiger charge is -2.34. The van der Waals surface area contributed by atoms with Crippen LogP contribution in [0, 0.1) is 5.92 Å². The molecule has 6 heteroatoms. The Morgan fingerprint density at radius 2 is 2.04 bits per heavy atom. The van der Waals surface area contributed by atoms with Gasteiger partial charge in [0.1, 0.15) is 0 Å². The fourth-order valence-electron chi connectivity index (χ4n) is 4.47. The van der Waals surface area contributed by atoms with Crippen LogP contribution >= 0.6 is 0 Å². The lowest BCUT2D eigenvalue weighted by Crippen LogP contribution is -2.47. The van der Waals surface area contributed by atoms with Crippen molar-refractivity contribution in [2.75, 3.05) is 13.1 Å². The smallest absolute Gasteiger partial charge is 0.317 e. The van der Waals surface area contributed by atoms with Crippen molar-refractivity contribution in [3.8, 4) is 0 Å². The van der Waals surface area contributed by atoms with E-state index in [4.69, 9.17) is 0 Å². The van der Waals surface area contributed by atoms with E-state index in [1.165, 1.54) is 19.3 Å². The molecule has 3 amide bonds. The van der Waals surface area contributed by atoms with Crippen LogP contribution in [0.5, 0.6) is 0 Å². The summed E-state index contributed by atoms with van der Waals surface area (Å²) >= 11 is 0. The molecule has 2 aliphatic carbocycles. The molecule has 3 fully saturated rings. The summed E-state index contributed by atoms with van der Waals surface area (Å²) < 4.78 is 0. The van der Waals surface area contributed by atoms with Crippen LogP contribution in [0.15, 0.2) is 24.5 Å². The summed E-state index contributed by atoms with van der Waals surface area (Å²) in [6.07, 6.45) is 12.3. The van der Waals surface area contributed by atoms with Gasteiger partial charge in [-0.1, -0.05) is 25.3 Å². The average molecular weight is 370 g/mol. The number of amides is 3. The summed E-state index contributed by atoms with van der Waals surface area (Å²) in [7, 11) is 0. The van der Waals surface area contributed by atoms with Crippen LogP contribution in [-0.4, -0.2) is 51.9 Å². The maximum atomic E-state index is 13.0. The molecule has 4 rings (SSSR count). The molecule has 0 bridgehead atoms. The number of likely N-dealkylation sites (tertiary alicyclic amines) is 1. The van der Waals surface area contributed by atoms with E-state index in [1.807, 2.05) is 28.1 Å². The van der Waals surface area contributed by atoms with E-state index in [1.54, 1.807) is 6.20 Å². The first-order valence-corrected chi connectivity index (χ1v) is 10.4. The van der Waals surface area contributed by atoms with E-state index in [2.05, 4.69) is 10.3 Å². The maximum Gasteiger partial charge on any atom is 0.317 e. The molecule has 27 heavy (non-hydrogen) atoms. The maximum absolute atomic E-state index is 13.0. The Hall–Kier alpha value is -2.11. The Balaban J connectivity index is 1.35. The molecular formula is C21H30N4O2. The van der Waals surface area contributed by atoms with Crippen molar-refractivity contribution in [2.45, 2.75) is 70.0 Å². The zero-order valence-electron chi connectivity index (χ0n) is 16.0. The lowest BCUT2D eigenvalue weighted by molar-refractivity contribution is -0.128. The third-order valence-corrected chi connectivity index (χ3v) is 6.12. The van der Waals surface area contributed by atoms with E-state index in [0.29, 0.717) is 31.6 Å². The Labute approximate surface area is 161 Å². The minimum absolute atomic E-state index is 0.00285. The zero-order chi connectivity index (χ0) is 18.6. The van der Waals surface area contributed by atoms with Gasteiger partial charge in [0.15, 0.2) is 0 Å². The van der Waals surface area contributed by atoms with Crippen molar-refractivity contribution < 1.29 is 9.59 Å². The van der Waals surface area contributed by atoms with Crippen molar-refractivity contribution in [1.29, 1.82) is 0 Å². The Kier molecular flexibility index (Phi) is 5.60. The van der Waals surface area contributed by atoms with Gasteiger partial charge in [-0.3, -0.25) is 9.78 Å². The predicted octanol–water partition coefficient (Wildman–Crippen LogP) is 2.94. The number of hydrogen-bond acceptors (Lipinski definition) is 3. The number of nitrogens with one attached hydrogen (secondary N) is 1. The van der Waals surface area contributed by atoms with Crippen molar-refractivity contribution in [3.63, 3.8) is 0 Å². The third-order valence-electron chi connectivity index (χ3n) is 6.12. The van der Waals surface area contributed by atoms with E-state index in [9.17, 15) is 9.59 Å². The molecule has 1 aromatic heterocycles. The third kappa shape index (κ3) is 4.60. The normalized spacial score (nSPS) is 23.5. The summed E-state index contributed by atoms with van der Waals surface area (Å²) in [5, 5.41) is 3.13. The van der Waals surface area contributed by atoms with Crippen LogP contribution in [0.4, 0.5) is 4.79 Å². The lowest BCUT2D eigenvalue weighted by atomic mass is 9.94. The second-order valence-corrected chi connectivity index (χ2v) is 8.31. The van der Waals surface area contributed by atoms with Crippen LogP contribution in [0.1, 0.15) is 56.9 Å². The standard InChI is InChI=1S/C21H30N4O2/c26-20-11-17(15-24(20)19-8-9-19)13-23-21(27)25(18-6-2-1-3-7-18)14-16-5-4-10-22-12-16/h4-5,10,12,17-19H,1-3,6-9,11,13-15H2,(H,23,27)/t17-/m0/s1. The first-order valence-electron chi connectivity index (χ1n) is 10.4. The Morgan fingerprint density at radius 3 is 2.74 bits per heavy atom. The van der Waals surface area contributed by atoms with Crippen molar-refractivity contribution in [1.82, 2.24) is 20.1 Å². The largest absolute Gasteiger partial charge is 0.339 e. The van der Waals surface area contributed by atoms with Crippen molar-refractivity contribution >= 4 is 11.9 Å². The first kappa shape index (κ1) is 18.3. The predicted molar refractivity (Wildman–Crippen MR) is 103 cm³/mol. The zero-order valence-corrected chi connectivity index (χ0v) is 16.0. The van der Waals surface area contributed by atoms with Gasteiger partial charge in [0.25, 0.3) is 0 Å². The summed E-state index contributed by atoms with van der Waals surface area (Å²) in [6, 6.07) is 4.72. The molecule has 2 saturated carbocycles. The summed E-state index contributed by atoms with van der Waals surface area (Å²) in [5.41, 5.74) is 1.06. The molecule has 0 aromatic carbocycles. The second-order valence-electron chi connectivity index (χ2n) is 8.31. The topological polar surface area (TPSA) is 65.5 Å². The second kappa shape index (κ2) is 8.28. The molecule has 1 N–H and O–H groups in total. The molecule has 0 unspecified atom stereocenters. The summed E-state index contributed by atoms with van der Waals surface area (Å²) in [4.78, 5) is 33.3.